The van der Waals surface area contributed by atoms with Crippen LogP contribution in [0, 0.1) is 5.92 Å². The first-order valence-corrected chi connectivity index (χ1v) is 14.3. The van der Waals surface area contributed by atoms with Crippen molar-refractivity contribution in [3.05, 3.63) is 41.6 Å². The van der Waals surface area contributed by atoms with Gasteiger partial charge in [0.1, 0.15) is 0 Å². The molecule has 4 rings (SSSR count). The first kappa shape index (κ1) is 22.3. The Kier molecular flexibility index (Phi) is 5.69. The van der Waals surface area contributed by atoms with Gasteiger partial charge in [-0.2, -0.15) is 0 Å². The van der Waals surface area contributed by atoms with Crippen LogP contribution in [0.2, 0.25) is 18.1 Å². The molecule has 0 bridgehead atoms. The van der Waals surface area contributed by atoms with Gasteiger partial charge in [-0.3, -0.25) is 9.69 Å². The van der Waals surface area contributed by atoms with Crippen LogP contribution in [0.25, 0.3) is 16.5 Å². The maximum Gasteiger partial charge on any atom is 0.228 e. The lowest BCUT2D eigenvalue weighted by Crippen LogP contribution is -2.49. The number of nitrogens with one attached hydrogen (secondary N) is 2. The van der Waals surface area contributed by atoms with Gasteiger partial charge in [-0.15, -0.1) is 0 Å². The molecule has 1 amide bonds. The third-order valence-electron chi connectivity index (χ3n) is 7.49. The second kappa shape index (κ2) is 7.91. The monoisotopic (exact) mass is 439 g/mol. The Morgan fingerprint density at radius 2 is 2.10 bits per heavy atom. The third kappa shape index (κ3) is 4.13. The molecule has 2 heterocycles. The molecule has 0 saturated carbocycles. The topological polar surface area (TPSA) is 57.4 Å². The van der Waals surface area contributed by atoms with Crippen molar-refractivity contribution in [2.45, 2.75) is 64.3 Å². The van der Waals surface area contributed by atoms with Crippen LogP contribution in [0.5, 0.6) is 0 Å². The lowest BCUT2D eigenvalue weighted by atomic mass is 9.80. The van der Waals surface area contributed by atoms with E-state index in [9.17, 15) is 4.79 Å². The molecule has 5 nitrogen and oxygen atoms in total. The largest absolute Gasteiger partial charge is 0.415 e. The van der Waals surface area contributed by atoms with E-state index in [0.29, 0.717) is 12.6 Å². The number of likely N-dealkylation sites (N-methyl/N-ethyl adjacent to an activating group) is 1. The molecule has 0 radical (unpaired) electrons. The molecule has 1 aromatic heterocycles. The van der Waals surface area contributed by atoms with Gasteiger partial charge in [0, 0.05) is 35.7 Å². The third-order valence-corrected chi connectivity index (χ3v) is 12.0. The van der Waals surface area contributed by atoms with Crippen LogP contribution in [0.15, 0.2) is 30.5 Å². The first-order chi connectivity index (χ1) is 14.5. The highest BCUT2D eigenvalue weighted by Gasteiger charge is 2.38. The molecule has 3 atom stereocenters. The van der Waals surface area contributed by atoms with E-state index in [1.807, 2.05) is 6.92 Å². The minimum absolute atomic E-state index is 0.00545. The highest BCUT2D eigenvalue weighted by Crippen LogP contribution is 2.41. The average molecular weight is 440 g/mol. The predicted octanol–water partition coefficient (Wildman–Crippen LogP) is 4.56. The SMILES string of the molecule is C[C@@H](CO[Si](C)(C)C(C)(C)C)NC(=O)[C@@H]1C=C2c3cccc4[nH]cc(c34)C[C@H]2N(C)C1. The maximum atomic E-state index is 13.2. The lowest BCUT2D eigenvalue weighted by molar-refractivity contribution is -0.125. The predicted molar refractivity (Wildman–Crippen MR) is 131 cm³/mol. The van der Waals surface area contributed by atoms with Crippen LogP contribution >= 0.6 is 0 Å². The summed E-state index contributed by atoms with van der Waals surface area (Å²) in [6.07, 6.45) is 5.35. The summed E-state index contributed by atoms with van der Waals surface area (Å²) in [4.78, 5) is 18.9. The number of amides is 1. The highest BCUT2D eigenvalue weighted by molar-refractivity contribution is 6.74. The summed E-state index contributed by atoms with van der Waals surface area (Å²) in [7, 11) is 0.318. The van der Waals surface area contributed by atoms with E-state index in [0.717, 1.165) is 13.0 Å². The quantitative estimate of drug-likeness (QED) is 0.671. The molecule has 0 fully saturated rings. The molecule has 1 aliphatic heterocycles. The molecule has 0 unspecified atom stereocenters. The molecule has 1 aromatic carbocycles. The Balaban J connectivity index is 1.49. The number of hydrogen-bond donors (Lipinski definition) is 2. The zero-order valence-corrected chi connectivity index (χ0v) is 21.0. The van der Waals surface area contributed by atoms with Gasteiger partial charge in [0.2, 0.25) is 5.91 Å². The molecule has 0 saturated heterocycles. The molecule has 2 N–H and O–H groups in total. The molecule has 6 heteroatoms. The van der Waals surface area contributed by atoms with Crippen molar-refractivity contribution in [1.82, 2.24) is 15.2 Å². The van der Waals surface area contributed by atoms with Crippen molar-refractivity contribution in [1.29, 1.82) is 0 Å². The van der Waals surface area contributed by atoms with Gasteiger partial charge in [-0.1, -0.05) is 39.0 Å². The lowest BCUT2D eigenvalue weighted by Gasteiger charge is -2.40. The zero-order valence-electron chi connectivity index (χ0n) is 20.0. The first-order valence-electron chi connectivity index (χ1n) is 11.4. The van der Waals surface area contributed by atoms with Crippen molar-refractivity contribution in [3.63, 3.8) is 0 Å². The number of aromatic nitrogens is 1. The molecular weight excluding hydrogens is 402 g/mol. The summed E-state index contributed by atoms with van der Waals surface area (Å²) >= 11 is 0. The highest BCUT2D eigenvalue weighted by atomic mass is 28.4. The van der Waals surface area contributed by atoms with Crippen molar-refractivity contribution >= 4 is 30.7 Å². The van der Waals surface area contributed by atoms with E-state index in [1.54, 1.807) is 0 Å². The number of fused-ring (bicyclic) bond motifs is 2. The number of benzene rings is 1. The van der Waals surface area contributed by atoms with Crippen LogP contribution in [0.4, 0.5) is 0 Å². The van der Waals surface area contributed by atoms with E-state index >= 15 is 0 Å². The minimum atomic E-state index is -1.82. The zero-order chi connectivity index (χ0) is 22.6. The van der Waals surface area contributed by atoms with Crippen LogP contribution in [0.3, 0.4) is 0 Å². The summed E-state index contributed by atoms with van der Waals surface area (Å²) in [6.45, 7) is 14.6. The fraction of sp³-hybridized carbons (Fsp3) is 0.560. The number of rotatable bonds is 5. The fourth-order valence-electron chi connectivity index (χ4n) is 4.56. The number of nitrogens with zero attached hydrogens (tertiary/aromatic N) is 1. The second-order valence-corrected chi connectivity index (χ2v) is 15.7. The summed E-state index contributed by atoms with van der Waals surface area (Å²) in [5.41, 5.74) is 5.11. The Morgan fingerprint density at radius 1 is 1.35 bits per heavy atom. The van der Waals surface area contributed by atoms with Gasteiger partial charge in [-0.25, -0.2) is 0 Å². The molecule has 2 aromatic rings. The summed E-state index contributed by atoms with van der Waals surface area (Å²) in [5.74, 6) is -0.0570. The van der Waals surface area contributed by atoms with Crippen LogP contribution < -0.4 is 5.32 Å². The minimum Gasteiger partial charge on any atom is -0.415 e. The Labute approximate surface area is 187 Å². The van der Waals surface area contributed by atoms with Gasteiger partial charge in [0.25, 0.3) is 0 Å². The van der Waals surface area contributed by atoms with Gasteiger partial charge < -0.3 is 14.7 Å². The number of hydrogen-bond acceptors (Lipinski definition) is 3. The molecule has 1 aliphatic carbocycles. The van der Waals surface area contributed by atoms with E-state index in [-0.39, 0.29) is 22.9 Å². The van der Waals surface area contributed by atoms with Gasteiger partial charge >= 0.3 is 0 Å². The molecular formula is C25H37N3O2Si. The van der Waals surface area contributed by atoms with E-state index in [4.69, 9.17) is 4.43 Å². The van der Waals surface area contributed by atoms with E-state index < -0.39 is 8.32 Å². The summed E-state index contributed by atoms with van der Waals surface area (Å²) in [5, 5.41) is 4.69. The van der Waals surface area contributed by atoms with Crippen molar-refractivity contribution in [2.24, 2.45) is 5.92 Å². The summed E-state index contributed by atoms with van der Waals surface area (Å²) < 4.78 is 6.31. The van der Waals surface area contributed by atoms with Crippen molar-refractivity contribution in [3.8, 4) is 0 Å². The molecule has 168 valence electrons. The number of H-pyrrole nitrogens is 1. The van der Waals surface area contributed by atoms with E-state index in [2.05, 4.69) is 86.6 Å². The van der Waals surface area contributed by atoms with Crippen LogP contribution in [-0.4, -0.2) is 56.4 Å². The molecule has 31 heavy (non-hydrogen) atoms. The Morgan fingerprint density at radius 3 is 2.81 bits per heavy atom. The average Bonchev–Trinajstić information content (AvgIpc) is 3.10. The fourth-order valence-corrected chi connectivity index (χ4v) is 5.66. The second-order valence-electron chi connectivity index (χ2n) is 10.9. The maximum absolute atomic E-state index is 13.2. The van der Waals surface area contributed by atoms with Crippen LogP contribution in [0.1, 0.15) is 38.8 Å². The van der Waals surface area contributed by atoms with Crippen molar-refractivity contribution in [2.75, 3.05) is 20.2 Å². The molecule has 2 aliphatic rings. The smallest absolute Gasteiger partial charge is 0.228 e. The van der Waals surface area contributed by atoms with Gasteiger partial charge in [0.05, 0.1) is 12.5 Å². The van der Waals surface area contributed by atoms with Gasteiger partial charge in [0.15, 0.2) is 8.32 Å². The van der Waals surface area contributed by atoms with Crippen molar-refractivity contribution < 1.29 is 9.22 Å². The number of carbonyl (C=O) groups excluding carboxylic acids is 1. The molecule has 0 spiro atoms. The number of aromatic amines is 1. The standard InChI is InChI=1S/C25H37N3O2Si/c1-16(15-30-31(6,7)25(2,3)4)27-24(29)18-11-20-19-9-8-10-21-23(19)17(13-26-21)12-22(20)28(5)14-18/h8-11,13,16,18,22,26H,12,14-15H2,1-7H3,(H,27,29)/t16-,18+,22+/m0/s1. The van der Waals surface area contributed by atoms with E-state index in [1.165, 1.54) is 27.6 Å². The van der Waals surface area contributed by atoms with Crippen LogP contribution in [-0.2, 0) is 15.6 Å². The van der Waals surface area contributed by atoms with Gasteiger partial charge in [-0.05, 0) is 61.3 Å². The number of carbonyl (C=O) groups is 1. The Bertz CT molecular complexity index is 1020. The normalized spacial score (nSPS) is 22.7. The summed E-state index contributed by atoms with van der Waals surface area (Å²) in [6, 6.07) is 6.75. The Hall–Kier alpha value is -1.89.